The first-order valence-corrected chi connectivity index (χ1v) is 15.2. The summed E-state index contributed by atoms with van der Waals surface area (Å²) in [6, 6.07) is 16.5. The number of aliphatic imine (C=N–C) groups is 1. The summed E-state index contributed by atoms with van der Waals surface area (Å²) in [6.45, 7) is 8.38. The van der Waals surface area contributed by atoms with Crippen molar-refractivity contribution in [1.82, 2.24) is 20.1 Å². The minimum atomic E-state index is -4.76. The lowest BCUT2D eigenvalue weighted by Crippen LogP contribution is -2.32. The Morgan fingerprint density at radius 1 is 1.09 bits per heavy atom. The Bertz CT molecular complexity index is 1750. The molecule has 2 heterocycles. The summed E-state index contributed by atoms with van der Waals surface area (Å²) in [5.74, 6) is 0.435. The van der Waals surface area contributed by atoms with Crippen LogP contribution in [0.2, 0.25) is 0 Å². The fraction of sp³-hybridized carbons (Fsp3) is 0.281. The molecule has 1 fully saturated rings. The van der Waals surface area contributed by atoms with Crippen molar-refractivity contribution in [3.05, 3.63) is 89.2 Å². The highest BCUT2D eigenvalue weighted by Crippen LogP contribution is 2.34. The number of ether oxygens (including phenoxy) is 1. The van der Waals surface area contributed by atoms with Crippen molar-refractivity contribution >= 4 is 34.6 Å². The van der Waals surface area contributed by atoms with Crippen molar-refractivity contribution in [2.45, 2.75) is 46.4 Å². The number of urea groups is 1. The van der Waals surface area contributed by atoms with E-state index < -0.39 is 12.4 Å². The van der Waals surface area contributed by atoms with E-state index in [1.54, 1.807) is 4.90 Å². The molecule has 1 saturated heterocycles. The van der Waals surface area contributed by atoms with Crippen molar-refractivity contribution < 1.29 is 27.5 Å². The maximum Gasteiger partial charge on any atom is 0.573 e. The van der Waals surface area contributed by atoms with Crippen LogP contribution in [0.4, 0.5) is 23.7 Å². The number of nitrogens with one attached hydrogen (secondary N) is 1. The lowest BCUT2D eigenvalue weighted by atomic mass is 9.99. The van der Waals surface area contributed by atoms with Gasteiger partial charge in [-0.15, -0.1) is 18.3 Å². The van der Waals surface area contributed by atoms with Crippen LogP contribution >= 0.6 is 11.8 Å². The van der Waals surface area contributed by atoms with Crippen LogP contribution in [-0.2, 0) is 11.2 Å². The number of rotatable bonds is 8. The molecule has 0 saturated carbocycles. The van der Waals surface area contributed by atoms with E-state index in [0.717, 1.165) is 33.5 Å². The minimum absolute atomic E-state index is 0.109. The van der Waals surface area contributed by atoms with Crippen molar-refractivity contribution in [3.8, 4) is 22.8 Å². The number of alkyl halides is 3. The molecule has 0 spiro atoms. The number of thioether (sulfide) groups is 1. The average Bonchev–Trinajstić information content (AvgIpc) is 3.60. The number of aryl methyl sites for hydroxylation is 2. The number of amidine groups is 1. The van der Waals surface area contributed by atoms with Gasteiger partial charge in [0.25, 0.3) is 0 Å². The maximum absolute atomic E-state index is 12.8. The second-order valence-corrected chi connectivity index (χ2v) is 11.7. The van der Waals surface area contributed by atoms with Gasteiger partial charge >= 0.3 is 12.4 Å². The molecule has 3 amide bonds. The molecule has 0 radical (unpaired) electrons. The van der Waals surface area contributed by atoms with Gasteiger partial charge in [-0.25, -0.2) is 14.5 Å². The topological polar surface area (TPSA) is 102 Å². The van der Waals surface area contributed by atoms with Gasteiger partial charge in [-0.1, -0.05) is 49.9 Å². The number of hydrogen-bond acceptors (Lipinski definition) is 6. The summed E-state index contributed by atoms with van der Waals surface area (Å²) in [5.41, 5.74) is 6.07. The minimum Gasteiger partial charge on any atom is -0.406 e. The van der Waals surface area contributed by atoms with E-state index in [-0.39, 0.29) is 23.3 Å². The zero-order chi connectivity index (χ0) is 32.3. The third-order valence-corrected chi connectivity index (χ3v) is 8.03. The monoisotopic (exact) mass is 636 g/mol. The number of hydrogen-bond donors (Lipinski definition) is 1. The molecule has 5 rings (SSSR count). The number of nitrogens with zero attached hydrogens (tertiary/aromatic N) is 5. The summed E-state index contributed by atoms with van der Waals surface area (Å²) < 4.78 is 42.7. The largest absolute Gasteiger partial charge is 0.573 e. The van der Waals surface area contributed by atoms with Crippen LogP contribution in [0, 0.1) is 13.8 Å². The normalized spacial score (nSPS) is 14.4. The number of anilines is 1. The molecule has 1 N–H and O–H groups in total. The third-order valence-electron chi connectivity index (χ3n) is 7.11. The maximum atomic E-state index is 12.8. The molecule has 234 valence electrons. The number of carbonyl (C=O) groups excluding carboxylic acids is 2. The molecule has 1 aliphatic rings. The first-order valence-electron chi connectivity index (χ1n) is 14.2. The van der Waals surface area contributed by atoms with Crippen molar-refractivity contribution in [2.75, 3.05) is 17.2 Å². The molecular weight excluding hydrogens is 605 g/mol. The van der Waals surface area contributed by atoms with Gasteiger partial charge in [-0.05, 0) is 84.8 Å². The first-order chi connectivity index (χ1) is 21.4. The van der Waals surface area contributed by atoms with Gasteiger partial charge in [-0.3, -0.25) is 9.69 Å². The van der Waals surface area contributed by atoms with Gasteiger partial charge in [0.1, 0.15) is 12.1 Å². The molecule has 0 atom stereocenters. The SMILES string of the molecule is Cc1ccc(C(C)C)c(N2C(=O)CSC2=NC(=O)NCCc2ccc(-c3ncn(-c4ccc(OC(F)(F)F)cc4)n3)cc2C)c1. The standard InChI is InChI=1S/C32H31F3N6O3S/c1-19(2)26-12-5-20(3)15-27(26)41-28(42)17-45-31(41)38-30(43)36-14-13-22-6-7-23(16-21(22)4)29-37-18-40(39-29)24-8-10-25(11-9-24)44-32(33,34)35/h5-12,15-16,18-19H,13-14,17H2,1-4H3,(H,36,43). The van der Waals surface area contributed by atoms with E-state index in [0.29, 0.717) is 29.6 Å². The predicted octanol–water partition coefficient (Wildman–Crippen LogP) is 6.96. The molecule has 0 unspecified atom stereocenters. The fourth-order valence-corrected chi connectivity index (χ4v) is 5.74. The van der Waals surface area contributed by atoms with E-state index in [1.807, 2.05) is 50.2 Å². The Kier molecular flexibility index (Phi) is 9.28. The first kappa shape index (κ1) is 31.8. The molecule has 0 bridgehead atoms. The Hall–Kier alpha value is -4.65. The molecule has 1 aliphatic heterocycles. The highest BCUT2D eigenvalue weighted by atomic mass is 32.2. The fourth-order valence-electron chi connectivity index (χ4n) is 4.88. The zero-order valence-corrected chi connectivity index (χ0v) is 25.9. The summed E-state index contributed by atoms with van der Waals surface area (Å²) in [4.78, 5) is 35.7. The quantitative estimate of drug-likeness (QED) is 0.224. The molecule has 9 nitrogen and oxygen atoms in total. The highest BCUT2D eigenvalue weighted by Gasteiger charge is 2.33. The van der Waals surface area contributed by atoms with Crippen LogP contribution in [-0.4, -0.2) is 50.5 Å². The van der Waals surface area contributed by atoms with Crippen LogP contribution in [0.1, 0.15) is 42.0 Å². The van der Waals surface area contributed by atoms with Gasteiger partial charge in [0.2, 0.25) is 5.91 Å². The van der Waals surface area contributed by atoms with Crippen molar-refractivity contribution in [1.29, 1.82) is 0 Å². The summed E-state index contributed by atoms with van der Waals surface area (Å²) in [5, 5.41) is 7.65. The number of amides is 3. The van der Waals surface area contributed by atoms with Crippen molar-refractivity contribution in [2.24, 2.45) is 4.99 Å². The van der Waals surface area contributed by atoms with Crippen LogP contribution in [0.3, 0.4) is 0 Å². The van der Waals surface area contributed by atoms with Gasteiger partial charge in [0, 0.05) is 12.1 Å². The van der Waals surface area contributed by atoms with Gasteiger partial charge in [0.05, 0.1) is 17.1 Å². The van der Waals surface area contributed by atoms with Gasteiger partial charge in [0.15, 0.2) is 11.0 Å². The van der Waals surface area contributed by atoms with Crippen molar-refractivity contribution in [3.63, 3.8) is 0 Å². The second kappa shape index (κ2) is 13.1. The smallest absolute Gasteiger partial charge is 0.406 e. The Morgan fingerprint density at radius 3 is 2.53 bits per heavy atom. The number of halogens is 3. The van der Waals surface area contributed by atoms with E-state index in [9.17, 15) is 22.8 Å². The second-order valence-electron chi connectivity index (χ2n) is 10.8. The lowest BCUT2D eigenvalue weighted by Gasteiger charge is -2.22. The summed E-state index contributed by atoms with van der Waals surface area (Å²) in [7, 11) is 0. The Balaban J connectivity index is 1.20. The molecular formula is C32H31F3N6O3S. The van der Waals surface area contributed by atoms with Crippen LogP contribution < -0.4 is 15.0 Å². The zero-order valence-electron chi connectivity index (χ0n) is 25.1. The molecule has 4 aromatic rings. The lowest BCUT2D eigenvalue weighted by molar-refractivity contribution is -0.274. The molecule has 13 heteroatoms. The van der Waals surface area contributed by atoms with E-state index in [4.69, 9.17) is 0 Å². The molecule has 3 aromatic carbocycles. The molecule has 45 heavy (non-hydrogen) atoms. The summed E-state index contributed by atoms with van der Waals surface area (Å²) in [6.07, 6.45) is -2.72. The van der Waals surface area contributed by atoms with Crippen LogP contribution in [0.25, 0.3) is 17.1 Å². The molecule has 1 aromatic heterocycles. The summed E-state index contributed by atoms with van der Waals surface area (Å²) >= 11 is 1.25. The molecule has 0 aliphatic carbocycles. The Morgan fingerprint density at radius 2 is 1.84 bits per heavy atom. The number of carbonyl (C=O) groups is 2. The number of benzene rings is 3. The Labute approximate surface area is 262 Å². The van der Waals surface area contributed by atoms with E-state index in [1.165, 1.54) is 47.0 Å². The van der Waals surface area contributed by atoms with Gasteiger partial charge < -0.3 is 10.1 Å². The van der Waals surface area contributed by atoms with E-state index >= 15 is 0 Å². The van der Waals surface area contributed by atoms with Crippen LogP contribution in [0.15, 0.2) is 72.0 Å². The van der Waals surface area contributed by atoms with E-state index in [2.05, 4.69) is 39.0 Å². The van der Waals surface area contributed by atoms with Gasteiger partial charge in [-0.2, -0.15) is 4.99 Å². The average molecular weight is 637 g/mol. The number of aromatic nitrogens is 3. The van der Waals surface area contributed by atoms with Crippen LogP contribution in [0.5, 0.6) is 5.75 Å². The third kappa shape index (κ3) is 7.72. The highest BCUT2D eigenvalue weighted by molar-refractivity contribution is 8.15. The predicted molar refractivity (Wildman–Crippen MR) is 168 cm³/mol.